The molecule has 0 aliphatic rings. The van der Waals surface area contributed by atoms with Gasteiger partial charge in [0.05, 0.1) is 15.6 Å². The Balaban J connectivity index is 1.61. The zero-order valence-corrected chi connectivity index (χ0v) is 19.0. The number of carbonyl (C=O) groups excluding carboxylic acids is 3. The molecule has 0 fully saturated rings. The molecule has 7 heteroatoms. The van der Waals surface area contributed by atoms with Gasteiger partial charge in [-0.05, 0) is 54.8 Å². The van der Waals surface area contributed by atoms with Crippen molar-refractivity contribution in [2.45, 2.75) is 26.2 Å². The number of carbonyl (C=O) groups is 3. The highest BCUT2D eigenvalue weighted by Crippen LogP contribution is 2.24. The number of aryl methyl sites for hydroxylation is 1. The first kappa shape index (κ1) is 23.5. The summed E-state index contributed by atoms with van der Waals surface area (Å²) < 4.78 is 0. The lowest BCUT2D eigenvalue weighted by atomic mass is 10.0. The van der Waals surface area contributed by atoms with E-state index in [2.05, 4.69) is 17.6 Å². The Morgan fingerprint density at radius 2 is 1.38 bits per heavy atom. The van der Waals surface area contributed by atoms with Crippen LogP contribution in [-0.4, -0.2) is 17.7 Å². The molecule has 0 saturated carbocycles. The number of ketones is 1. The van der Waals surface area contributed by atoms with Crippen LogP contribution in [0, 0.1) is 0 Å². The number of benzene rings is 3. The van der Waals surface area contributed by atoms with E-state index in [0.29, 0.717) is 16.8 Å². The molecule has 164 valence electrons. The Hall–Kier alpha value is -3.15. The number of imide groups is 1. The molecular weight excluding hydrogens is 447 g/mol. The average molecular weight is 469 g/mol. The number of amides is 3. The van der Waals surface area contributed by atoms with Gasteiger partial charge in [-0.1, -0.05) is 66.9 Å². The van der Waals surface area contributed by atoms with Crippen LogP contribution in [0.3, 0.4) is 0 Å². The first-order valence-corrected chi connectivity index (χ1v) is 10.9. The topological polar surface area (TPSA) is 75.3 Å². The van der Waals surface area contributed by atoms with Gasteiger partial charge in [0, 0.05) is 16.8 Å². The van der Waals surface area contributed by atoms with E-state index >= 15 is 0 Å². The maximum absolute atomic E-state index is 12.7. The lowest BCUT2D eigenvalue weighted by Crippen LogP contribution is -2.34. The second kappa shape index (κ2) is 10.9. The number of urea groups is 1. The maximum atomic E-state index is 12.7. The summed E-state index contributed by atoms with van der Waals surface area (Å²) in [5, 5.41) is 5.02. The van der Waals surface area contributed by atoms with Gasteiger partial charge in [-0.2, -0.15) is 0 Å². The molecule has 0 aliphatic carbocycles. The highest BCUT2D eigenvalue weighted by Gasteiger charge is 2.17. The molecule has 0 aromatic heterocycles. The Labute approximate surface area is 196 Å². The second-order valence-corrected chi connectivity index (χ2v) is 8.03. The highest BCUT2D eigenvalue weighted by molar-refractivity contribution is 6.40. The number of anilines is 1. The van der Waals surface area contributed by atoms with E-state index in [1.165, 1.54) is 17.7 Å². The second-order valence-electron chi connectivity index (χ2n) is 7.21. The summed E-state index contributed by atoms with van der Waals surface area (Å²) in [6.45, 7) is 2.15. The predicted molar refractivity (Wildman–Crippen MR) is 128 cm³/mol. The molecule has 2 N–H and O–H groups in total. The van der Waals surface area contributed by atoms with Gasteiger partial charge in [0.2, 0.25) is 0 Å². The summed E-state index contributed by atoms with van der Waals surface area (Å²) in [6.07, 6.45) is 3.24. The van der Waals surface area contributed by atoms with E-state index in [1.54, 1.807) is 30.3 Å². The van der Waals surface area contributed by atoms with Crippen molar-refractivity contribution < 1.29 is 14.4 Å². The third-order valence-corrected chi connectivity index (χ3v) is 5.49. The van der Waals surface area contributed by atoms with E-state index in [-0.39, 0.29) is 21.4 Å². The van der Waals surface area contributed by atoms with Crippen LogP contribution in [0.15, 0.2) is 66.7 Å². The van der Waals surface area contributed by atoms with Crippen LogP contribution in [-0.2, 0) is 6.42 Å². The third kappa shape index (κ3) is 5.96. The van der Waals surface area contributed by atoms with Gasteiger partial charge in [-0.25, -0.2) is 4.79 Å². The van der Waals surface area contributed by atoms with Crippen LogP contribution in [0.1, 0.15) is 51.6 Å². The zero-order valence-electron chi connectivity index (χ0n) is 17.5. The number of hydrogen-bond donors (Lipinski definition) is 2. The minimum Gasteiger partial charge on any atom is -0.308 e. The zero-order chi connectivity index (χ0) is 23.1. The molecule has 3 aromatic carbocycles. The first-order valence-electron chi connectivity index (χ1n) is 10.2. The molecule has 0 heterocycles. The lowest BCUT2D eigenvalue weighted by Gasteiger charge is -2.09. The number of nitrogens with one attached hydrogen (secondary N) is 2. The van der Waals surface area contributed by atoms with Crippen molar-refractivity contribution >= 4 is 46.6 Å². The molecule has 0 aliphatic heterocycles. The van der Waals surface area contributed by atoms with Crippen LogP contribution in [0.4, 0.5) is 10.5 Å². The number of rotatable bonds is 7. The number of halogens is 2. The smallest absolute Gasteiger partial charge is 0.308 e. The molecular formula is C25H22Cl2N2O3. The van der Waals surface area contributed by atoms with Gasteiger partial charge in [0.15, 0.2) is 5.78 Å². The van der Waals surface area contributed by atoms with E-state index in [1.807, 2.05) is 24.3 Å². The standard InChI is InChI=1S/C25H22Cl2N2O3/c1-2-3-5-16-8-10-17(11-9-16)23(30)18-12-14-19(15-13-18)28-25(32)29-24(31)22-20(26)6-4-7-21(22)27/h4,6-15H,2-3,5H2,1H3,(H2,28,29,31,32). The molecule has 0 spiro atoms. The fourth-order valence-electron chi connectivity index (χ4n) is 3.12. The minimum atomic E-state index is -0.743. The predicted octanol–water partition coefficient (Wildman–Crippen LogP) is 6.53. The largest absolute Gasteiger partial charge is 0.326 e. The van der Waals surface area contributed by atoms with Crippen molar-refractivity contribution in [3.63, 3.8) is 0 Å². The molecule has 0 unspecified atom stereocenters. The summed E-state index contributed by atoms with van der Waals surface area (Å²) >= 11 is 12.0. The van der Waals surface area contributed by atoms with Crippen molar-refractivity contribution in [3.8, 4) is 0 Å². The Morgan fingerprint density at radius 3 is 1.94 bits per heavy atom. The van der Waals surface area contributed by atoms with Crippen molar-refractivity contribution in [1.82, 2.24) is 5.32 Å². The average Bonchev–Trinajstić information content (AvgIpc) is 2.78. The summed E-state index contributed by atoms with van der Waals surface area (Å²) in [5.41, 5.74) is 2.75. The number of unbranched alkanes of at least 4 members (excludes halogenated alkanes) is 1. The lowest BCUT2D eigenvalue weighted by molar-refractivity contribution is 0.0966. The fraction of sp³-hybridized carbons (Fsp3) is 0.160. The Bertz CT molecular complexity index is 1110. The normalized spacial score (nSPS) is 10.5. The van der Waals surface area contributed by atoms with Crippen LogP contribution in [0.2, 0.25) is 10.0 Å². The van der Waals surface area contributed by atoms with E-state index in [4.69, 9.17) is 23.2 Å². The number of hydrogen-bond acceptors (Lipinski definition) is 3. The molecule has 0 saturated heterocycles. The van der Waals surface area contributed by atoms with Gasteiger partial charge in [-0.3, -0.25) is 14.9 Å². The fourth-order valence-corrected chi connectivity index (χ4v) is 3.69. The third-order valence-electron chi connectivity index (χ3n) is 4.86. The molecule has 3 aromatic rings. The van der Waals surface area contributed by atoms with E-state index < -0.39 is 11.9 Å². The van der Waals surface area contributed by atoms with Crippen LogP contribution in [0.25, 0.3) is 0 Å². The van der Waals surface area contributed by atoms with Crippen molar-refractivity contribution in [1.29, 1.82) is 0 Å². The van der Waals surface area contributed by atoms with Gasteiger partial charge < -0.3 is 5.32 Å². The summed E-state index contributed by atoms with van der Waals surface area (Å²) in [4.78, 5) is 37.2. The molecule has 5 nitrogen and oxygen atoms in total. The highest BCUT2D eigenvalue weighted by atomic mass is 35.5. The Kier molecular flexibility index (Phi) is 8.03. The molecule has 32 heavy (non-hydrogen) atoms. The molecule has 0 bridgehead atoms. The molecule has 0 atom stereocenters. The van der Waals surface area contributed by atoms with Gasteiger partial charge >= 0.3 is 6.03 Å². The first-order chi connectivity index (χ1) is 15.4. The maximum Gasteiger partial charge on any atom is 0.326 e. The summed E-state index contributed by atoms with van der Waals surface area (Å²) in [7, 11) is 0. The van der Waals surface area contributed by atoms with Crippen molar-refractivity contribution in [3.05, 3.63) is 99.0 Å². The quantitative estimate of drug-likeness (QED) is 0.387. The minimum absolute atomic E-state index is 0.0210. The van der Waals surface area contributed by atoms with Crippen LogP contribution in [0.5, 0.6) is 0 Å². The summed E-state index contributed by atoms with van der Waals surface area (Å²) in [6, 6.07) is 17.9. The van der Waals surface area contributed by atoms with Crippen molar-refractivity contribution in [2.75, 3.05) is 5.32 Å². The summed E-state index contributed by atoms with van der Waals surface area (Å²) in [5.74, 6) is -0.820. The molecule has 3 rings (SSSR count). The molecule has 3 amide bonds. The van der Waals surface area contributed by atoms with Crippen LogP contribution < -0.4 is 10.6 Å². The Morgan fingerprint density at radius 1 is 0.812 bits per heavy atom. The molecule has 0 radical (unpaired) electrons. The van der Waals surface area contributed by atoms with Crippen LogP contribution >= 0.6 is 23.2 Å². The van der Waals surface area contributed by atoms with E-state index in [0.717, 1.165) is 19.3 Å². The van der Waals surface area contributed by atoms with Gasteiger partial charge in [-0.15, -0.1) is 0 Å². The van der Waals surface area contributed by atoms with Gasteiger partial charge in [0.1, 0.15) is 0 Å². The van der Waals surface area contributed by atoms with Crippen molar-refractivity contribution in [2.24, 2.45) is 0 Å². The van der Waals surface area contributed by atoms with Gasteiger partial charge in [0.25, 0.3) is 5.91 Å². The van der Waals surface area contributed by atoms with E-state index in [9.17, 15) is 14.4 Å². The SMILES string of the molecule is CCCCc1ccc(C(=O)c2ccc(NC(=O)NC(=O)c3c(Cl)cccc3Cl)cc2)cc1. The monoisotopic (exact) mass is 468 g/mol.